The number of nitrogens with one attached hydrogen (secondary N) is 1. The molecule has 0 amide bonds. The number of fused-ring (bicyclic) bond motifs is 1. The van der Waals surface area contributed by atoms with E-state index in [1.807, 2.05) is 6.92 Å². The normalized spacial score (nSPS) is 16.0. The quantitative estimate of drug-likeness (QED) is 0.706. The van der Waals surface area contributed by atoms with Gasteiger partial charge in [-0.05, 0) is 55.5 Å². The maximum absolute atomic E-state index is 13.0. The molecule has 1 unspecified atom stereocenters. The summed E-state index contributed by atoms with van der Waals surface area (Å²) in [6, 6.07) is 13.6. The van der Waals surface area contributed by atoms with Gasteiger partial charge < -0.3 is 4.98 Å². The van der Waals surface area contributed by atoms with E-state index in [0.29, 0.717) is 22.1 Å². The Morgan fingerprint density at radius 3 is 2.29 bits per heavy atom. The zero-order valence-electron chi connectivity index (χ0n) is 15.0. The maximum atomic E-state index is 13.0. The van der Waals surface area contributed by atoms with E-state index in [9.17, 15) is 13.2 Å². The van der Waals surface area contributed by atoms with Crippen molar-refractivity contribution >= 4 is 33.6 Å². The van der Waals surface area contributed by atoms with Crippen molar-refractivity contribution in [2.75, 3.05) is 0 Å². The van der Waals surface area contributed by atoms with Crippen LogP contribution in [0.25, 0.3) is 17.8 Å². The van der Waals surface area contributed by atoms with E-state index in [1.165, 1.54) is 4.57 Å². The molecular formula is C21H17ClN2O3S. The van der Waals surface area contributed by atoms with Crippen molar-refractivity contribution in [1.29, 1.82) is 0 Å². The zero-order chi connectivity index (χ0) is 19.9. The SMILES string of the molecule is Cc1ccc(S(=O)(=O)C2C=Cc3[nH]c(=O)n(-c4ccc(Cl)cc4)c3C=C2)cc1. The van der Waals surface area contributed by atoms with Crippen LogP contribution in [0, 0.1) is 6.92 Å². The number of aromatic nitrogens is 2. The highest BCUT2D eigenvalue weighted by Crippen LogP contribution is 2.25. The van der Waals surface area contributed by atoms with Crippen molar-refractivity contribution < 1.29 is 8.42 Å². The molecule has 1 aliphatic rings. The Morgan fingerprint density at radius 2 is 1.61 bits per heavy atom. The summed E-state index contributed by atoms with van der Waals surface area (Å²) >= 11 is 5.93. The van der Waals surface area contributed by atoms with Gasteiger partial charge in [-0.1, -0.05) is 41.4 Å². The highest BCUT2D eigenvalue weighted by Gasteiger charge is 2.25. The standard InChI is InChI=1S/C21H17ClN2O3S/c1-14-2-8-17(9-3-14)28(26,27)18-10-12-19-20(13-11-18)24(21(25)23-19)16-6-4-15(22)5-7-16/h2-13,18H,1H3,(H,23,25). The van der Waals surface area contributed by atoms with Crippen molar-refractivity contribution in [1.82, 2.24) is 9.55 Å². The lowest BCUT2D eigenvalue weighted by molar-refractivity contribution is 0.594. The first kappa shape index (κ1) is 18.5. The third kappa shape index (κ3) is 3.25. The van der Waals surface area contributed by atoms with Crippen LogP contribution >= 0.6 is 11.6 Å². The molecule has 3 aromatic rings. The van der Waals surface area contributed by atoms with Gasteiger partial charge in [-0.3, -0.25) is 4.57 Å². The Bertz CT molecular complexity index is 1250. The average molecular weight is 413 g/mol. The maximum Gasteiger partial charge on any atom is 0.331 e. The molecule has 0 radical (unpaired) electrons. The molecule has 0 saturated carbocycles. The molecule has 1 heterocycles. The molecule has 142 valence electrons. The van der Waals surface area contributed by atoms with Gasteiger partial charge in [0.25, 0.3) is 0 Å². The summed E-state index contributed by atoms with van der Waals surface area (Å²) in [7, 11) is -3.58. The van der Waals surface area contributed by atoms with Crippen LogP contribution < -0.4 is 5.69 Å². The Kier molecular flexibility index (Phi) is 4.61. The minimum Gasteiger partial charge on any atom is -0.305 e. The summed E-state index contributed by atoms with van der Waals surface area (Å²) in [5.74, 6) is 0. The molecule has 5 nitrogen and oxygen atoms in total. The molecule has 0 aliphatic heterocycles. The third-order valence-corrected chi connectivity index (χ3v) is 6.86. The van der Waals surface area contributed by atoms with Crippen molar-refractivity contribution in [2.45, 2.75) is 17.1 Å². The summed E-state index contributed by atoms with van der Waals surface area (Å²) in [4.78, 5) is 15.5. The highest BCUT2D eigenvalue weighted by molar-refractivity contribution is 7.92. The van der Waals surface area contributed by atoms with Crippen molar-refractivity contribution in [3.8, 4) is 5.69 Å². The molecule has 7 heteroatoms. The zero-order valence-corrected chi connectivity index (χ0v) is 16.5. The first-order valence-electron chi connectivity index (χ1n) is 8.64. The van der Waals surface area contributed by atoms with E-state index in [1.54, 1.807) is 72.8 Å². The minimum atomic E-state index is -3.58. The number of nitrogens with zero attached hydrogens (tertiary/aromatic N) is 1. The van der Waals surface area contributed by atoms with Crippen LogP contribution in [-0.2, 0) is 9.84 Å². The number of benzene rings is 2. The number of hydrogen-bond donors (Lipinski definition) is 1. The van der Waals surface area contributed by atoms with Gasteiger partial charge in [0, 0.05) is 5.02 Å². The largest absolute Gasteiger partial charge is 0.331 e. The van der Waals surface area contributed by atoms with E-state index in [-0.39, 0.29) is 10.6 Å². The van der Waals surface area contributed by atoms with Gasteiger partial charge in [0.15, 0.2) is 9.84 Å². The number of aryl methyl sites for hydroxylation is 1. The second-order valence-corrected chi connectivity index (χ2v) is 9.12. The van der Waals surface area contributed by atoms with E-state index >= 15 is 0 Å². The number of halogens is 1. The first-order chi connectivity index (χ1) is 13.4. The molecule has 2 aromatic carbocycles. The monoisotopic (exact) mass is 412 g/mol. The van der Waals surface area contributed by atoms with Crippen LogP contribution in [0.4, 0.5) is 0 Å². The lowest BCUT2D eigenvalue weighted by atomic mass is 10.2. The van der Waals surface area contributed by atoms with Crippen LogP contribution in [-0.4, -0.2) is 23.2 Å². The lowest BCUT2D eigenvalue weighted by Gasteiger charge is -2.10. The summed E-state index contributed by atoms with van der Waals surface area (Å²) in [5, 5.41) is -0.261. The first-order valence-corrected chi connectivity index (χ1v) is 10.6. The minimum absolute atomic E-state index is 0.262. The second kappa shape index (κ2) is 6.96. The van der Waals surface area contributed by atoms with Gasteiger partial charge in [0.2, 0.25) is 0 Å². The molecule has 0 saturated heterocycles. The Morgan fingerprint density at radius 1 is 0.964 bits per heavy atom. The van der Waals surface area contributed by atoms with Crippen molar-refractivity contribution in [2.24, 2.45) is 0 Å². The van der Waals surface area contributed by atoms with Crippen LogP contribution in [0.1, 0.15) is 17.0 Å². The average Bonchev–Trinajstić information content (AvgIpc) is 2.84. The highest BCUT2D eigenvalue weighted by atomic mass is 35.5. The van der Waals surface area contributed by atoms with Crippen LogP contribution in [0.3, 0.4) is 0 Å². The fraction of sp³-hybridized carbons (Fsp3) is 0.0952. The van der Waals surface area contributed by atoms with Gasteiger partial charge in [0.05, 0.1) is 22.0 Å². The molecule has 0 fully saturated rings. The molecule has 4 rings (SSSR count). The number of imidazole rings is 1. The van der Waals surface area contributed by atoms with E-state index < -0.39 is 15.1 Å². The molecule has 1 aliphatic carbocycles. The van der Waals surface area contributed by atoms with Crippen LogP contribution in [0.5, 0.6) is 0 Å². The predicted octanol–water partition coefficient (Wildman–Crippen LogP) is 4.01. The number of rotatable bonds is 3. The van der Waals surface area contributed by atoms with Crippen molar-refractivity contribution in [3.63, 3.8) is 0 Å². The van der Waals surface area contributed by atoms with E-state index in [2.05, 4.69) is 4.98 Å². The molecule has 1 atom stereocenters. The summed E-state index contributed by atoms with van der Waals surface area (Å²) in [5.41, 5.74) is 2.47. The molecule has 1 aromatic heterocycles. The Labute approximate surface area is 167 Å². The van der Waals surface area contributed by atoms with Gasteiger partial charge in [-0.2, -0.15) is 0 Å². The molecular weight excluding hydrogens is 396 g/mol. The summed E-state index contributed by atoms with van der Waals surface area (Å²) < 4.78 is 27.5. The summed E-state index contributed by atoms with van der Waals surface area (Å²) in [6.45, 7) is 1.91. The molecule has 1 N–H and O–H groups in total. The van der Waals surface area contributed by atoms with Gasteiger partial charge in [-0.25, -0.2) is 13.2 Å². The molecule has 0 spiro atoms. The summed E-state index contributed by atoms with van der Waals surface area (Å²) in [6.07, 6.45) is 6.48. The number of aromatic amines is 1. The Balaban J connectivity index is 1.76. The number of hydrogen-bond acceptors (Lipinski definition) is 3. The fourth-order valence-electron chi connectivity index (χ4n) is 3.14. The number of sulfone groups is 1. The smallest absolute Gasteiger partial charge is 0.305 e. The third-order valence-electron chi connectivity index (χ3n) is 4.65. The van der Waals surface area contributed by atoms with E-state index in [0.717, 1.165) is 5.56 Å². The topological polar surface area (TPSA) is 71.9 Å². The number of H-pyrrole nitrogens is 1. The van der Waals surface area contributed by atoms with E-state index in [4.69, 9.17) is 11.6 Å². The fourth-order valence-corrected chi connectivity index (χ4v) is 4.66. The molecule has 28 heavy (non-hydrogen) atoms. The van der Waals surface area contributed by atoms with Crippen LogP contribution in [0.15, 0.2) is 70.4 Å². The second-order valence-electron chi connectivity index (χ2n) is 6.58. The van der Waals surface area contributed by atoms with Crippen LogP contribution in [0.2, 0.25) is 5.02 Å². The Hall–Kier alpha value is -2.83. The molecule has 0 bridgehead atoms. The lowest BCUT2D eigenvalue weighted by Crippen LogP contribution is -2.18. The van der Waals surface area contributed by atoms with Gasteiger partial charge in [0.1, 0.15) is 5.25 Å². The van der Waals surface area contributed by atoms with Gasteiger partial charge >= 0.3 is 5.69 Å². The van der Waals surface area contributed by atoms with Crippen molar-refractivity contribution in [3.05, 3.63) is 93.1 Å². The predicted molar refractivity (Wildman–Crippen MR) is 112 cm³/mol. The van der Waals surface area contributed by atoms with Gasteiger partial charge in [-0.15, -0.1) is 0 Å².